The fraction of sp³-hybridized carbons (Fsp3) is 0.778. The van der Waals surface area contributed by atoms with Crippen LogP contribution in [-0.2, 0) is 0 Å². The lowest BCUT2D eigenvalue weighted by atomic mass is 9.48. The first-order valence-corrected chi connectivity index (χ1v) is 16.4. The quantitative estimate of drug-likeness (QED) is 0.294. The maximum absolute atomic E-state index is 11.1. The summed E-state index contributed by atoms with van der Waals surface area (Å²) in [7, 11) is 0. The van der Waals surface area contributed by atoms with Crippen LogP contribution in [0.1, 0.15) is 110 Å². The number of hydrogen-bond donors (Lipinski definition) is 3. The van der Waals surface area contributed by atoms with Crippen molar-refractivity contribution in [3.63, 3.8) is 0 Å². The molecule has 3 N–H and O–H groups in total. The first kappa shape index (κ1) is 28.0. The molecule has 0 heterocycles. The van der Waals surface area contributed by atoms with Gasteiger partial charge in [0.25, 0.3) is 0 Å². The van der Waals surface area contributed by atoms with Crippen LogP contribution in [0.25, 0.3) is 0 Å². The van der Waals surface area contributed by atoms with Gasteiger partial charge in [-0.1, -0.05) is 55.9 Å². The SMILES string of the molecule is C=C1[C@H](O)CC(=C/C=C2\CCCC3(C)C2CCC3C(C)/C=C/CC(O)CC23CC4CC(CC(C4)C2)C3)C[C@H]1O. The van der Waals surface area contributed by atoms with Gasteiger partial charge in [0.05, 0.1) is 18.3 Å². The van der Waals surface area contributed by atoms with E-state index < -0.39 is 12.2 Å². The molecule has 0 saturated heterocycles. The van der Waals surface area contributed by atoms with Gasteiger partial charge in [-0.05, 0) is 148 Å². The van der Waals surface area contributed by atoms with E-state index in [1.54, 1.807) is 5.57 Å². The summed E-state index contributed by atoms with van der Waals surface area (Å²) >= 11 is 0. The van der Waals surface area contributed by atoms with Crippen LogP contribution in [0.2, 0.25) is 0 Å². The van der Waals surface area contributed by atoms with E-state index in [-0.39, 0.29) is 6.10 Å². The summed E-state index contributed by atoms with van der Waals surface area (Å²) in [6, 6.07) is 0. The minimum atomic E-state index is -0.621. The van der Waals surface area contributed by atoms with Crippen molar-refractivity contribution < 1.29 is 15.3 Å². The van der Waals surface area contributed by atoms with E-state index in [1.165, 1.54) is 70.6 Å². The van der Waals surface area contributed by atoms with E-state index in [1.807, 2.05) is 0 Å². The molecule has 39 heavy (non-hydrogen) atoms. The monoisotopic (exact) mass is 534 g/mol. The number of allylic oxidation sites excluding steroid dienone is 4. The average Bonchev–Trinajstić information content (AvgIpc) is 3.22. The lowest BCUT2D eigenvalue weighted by Crippen LogP contribution is -2.47. The van der Waals surface area contributed by atoms with Crippen LogP contribution in [-0.4, -0.2) is 33.6 Å². The maximum atomic E-state index is 11.1. The summed E-state index contributed by atoms with van der Waals surface area (Å²) in [4.78, 5) is 0. The molecule has 0 spiro atoms. The summed E-state index contributed by atoms with van der Waals surface area (Å²) in [5.41, 5.74) is 4.08. The second-order valence-corrected chi connectivity index (χ2v) is 15.5. The number of rotatable bonds is 7. The molecule has 7 rings (SSSR count). The van der Waals surface area contributed by atoms with Gasteiger partial charge in [0.2, 0.25) is 0 Å². The van der Waals surface area contributed by atoms with Crippen LogP contribution < -0.4 is 0 Å². The molecule has 0 amide bonds. The largest absolute Gasteiger partial charge is 0.393 e. The van der Waals surface area contributed by atoms with E-state index >= 15 is 0 Å². The predicted octanol–water partition coefficient (Wildman–Crippen LogP) is 7.68. The Morgan fingerprint density at radius 1 is 0.974 bits per heavy atom. The van der Waals surface area contributed by atoms with Gasteiger partial charge in [0.1, 0.15) is 0 Å². The highest BCUT2D eigenvalue weighted by Crippen LogP contribution is 2.62. The molecule has 7 aliphatic rings. The lowest BCUT2D eigenvalue weighted by molar-refractivity contribution is -0.0753. The Bertz CT molecular complexity index is 967. The highest BCUT2D eigenvalue weighted by atomic mass is 16.3. The van der Waals surface area contributed by atoms with Crippen LogP contribution in [0.15, 0.2) is 47.6 Å². The van der Waals surface area contributed by atoms with Crippen molar-refractivity contribution in [2.24, 2.45) is 46.3 Å². The van der Waals surface area contributed by atoms with Crippen molar-refractivity contribution in [1.29, 1.82) is 0 Å². The Kier molecular flexibility index (Phi) is 7.83. The highest BCUT2D eigenvalue weighted by Gasteiger charge is 2.52. The predicted molar refractivity (Wildman–Crippen MR) is 159 cm³/mol. The zero-order chi connectivity index (χ0) is 27.4. The molecule has 7 fully saturated rings. The molecule has 5 unspecified atom stereocenters. The summed E-state index contributed by atoms with van der Waals surface area (Å²) in [5.74, 6) is 4.75. The third-order valence-electron chi connectivity index (χ3n) is 12.7. The third kappa shape index (κ3) is 5.54. The summed E-state index contributed by atoms with van der Waals surface area (Å²) < 4.78 is 0. The topological polar surface area (TPSA) is 60.7 Å². The second kappa shape index (κ2) is 10.9. The number of hydrogen-bond acceptors (Lipinski definition) is 3. The number of fused-ring (bicyclic) bond motifs is 1. The van der Waals surface area contributed by atoms with E-state index in [0.29, 0.717) is 47.0 Å². The molecule has 7 atom stereocenters. The first-order valence-electron chi connectivity index (χ1n) is 16.4. The van der Waals surface area contributed by atoms with Crippen molar-refractivity contribution in [2.75, 3.05) is 0 Å². The second-order valence-electron chi connectivity index (χ2n) is 15.5. The van der Waals surface area contributed by atoms with Crippen molar-refractivity contribution >= 4 is 0 Å². The van der Waals surface area contributed by atoms with Crippen LogP contribution in [0.5, 0.6) is 0 Å². The molecule has 0 aromatic carbocycles. The van der Waals surface area contributed by atoms with Crippen LogP contribution in [0.4, 0.5) is 0 Å². The van der Waals surface area contributed by atoms with Crippen LogP contribution >= 0.6 is 0 Å². The first-order chi connectivity index (χ1) is 18.6. The normalized spacial score (nSPS) is 46.2. The van der Waals surface area contributed by atoms with Crippen molar-refractivity contribution in [2.45, 2.75) is 128 Å². The zero-order valence-corrected chi connectivity index (χ0v) is 24.7. The molecule has 7 saturated carbocycles. The molecule has 0 radical (unpaired) electrons. The average molecular weight is 535 g/mol. The molecule has 3 nitrogen and oxygen atoms in total. The van der Waals surface area contributed by atoms with E-state index in [9.17, 15) is 15.3 Å². The van der Waals surface area contributed by atoms with Crippen molar-refractivity contribution in [3.8, 4) is 0 Å². The van der Waals surface area contributed by atoms with Gasteiger partial charge in [-0.25, -0.2) is 0 Å². The summed E-state index contributed by atoms with van der Waals surface area (Å²) in [6.07, 6.45) is 25.8. The van der Waals surface area contributed by atoms with Crippen molar-refractivity contribution in [1.82, 2.24) is 0 Å². The highest BCUT2D eigenvalue weighted by molar-refractivity contribution is 5.29. The third-order valence-corrected chi connectivity index (χ3v) is 12.7. The molecule has 0 aromatic heterocycles. The lowest BCUT2D eigenvalue weighted by Gasteiger charge is -2.57. The van der Waals surface area contributed by atoms with Gasteiger partial charge in [-0.2, -0.15) is 0 Å². The van der Waals surface area contributed by atoms with E-state index in [0.717, 1.165) is 36.2 Å². The Labute approximate surface area is 237 Å². The van der Waals surface area contributed by atoms with Gasteiger partial charge in [-0.3, -0.25) is 0 Å². The molecule has 7 aliphatic carbocycles. The van der Waals surface area contributed by atoms with E-state index in [4.69, 9.17) is 0 Å². The van der Waals surface area contributed by atoms with E-state index in [2.05, 4.69) is 44.7 Å². The van der Waals surface area contributed by atoms with Crippen molar-refractivity contribution in [3.05, 3.63) is 47.6 Å². The van der Waals surface area contributed by atoms with Gasteiger partial charge in [-0.15, -0.1) is 0 Å². The molecular formula is C36H54O3. The smallest absolute Gasteiger partial charge is 0.0809 e. The molecule has 216 valence electrons. The summed E-state index contributed by atoms with van der Waals surface area (Å²) in [6.45, 7) is 8.81. The molecular weight excluding hydrogens is 480 g/mol. The van der Waals surface area contributed by atoms with Gasteiger partial charge in [0, 0.05) is 0 Å². The Morgan fingerprint density at radius 3 is 2.26 bits per heavy atom. The minimum Gasteiger partial charge on any atom is -0.393 e. The van der Waals surface area contributed by atoms with Gasteiger partial charge >= 0.3 is 0 Å². The standard InChI is InChI=1S/C36H54O3/c1-23(6-4-8-30(37)22-36-19-26-14-27(20-36)16-28(15-26)21-36)31-11-12-32-29(7-5-13-35(31,32)3)10-9-25-17-33(38)24(2)34(39)18-25/h4,6,9-10,23,26-28,30-34,37-39H,2,5,7-8,11-22H2,1,3H3/b6-4+,29-10+/t23?,26?,27?,28?,30?,31?,32?,33-,34-,35?,36?/m1/s1. The van der Waals surface area contributed by atoms with Crippen LogP contribution in [0.3, 0.4) is 0 Å². The van der Waals surface area contributed by atoms with Gasteiger partial charge < -0.3 is 15.3 Å². The fourth-order valence-electron chi connectivity index (χ4n) is 11.3. The van der Waals surface area contributed by atoms with Gasteiger partial charge in [0.15, 0.2) is 0 Å². The number of aliphatic hydroxyl groups excluding tert-OH is 3. The molecule has 0 aromatic rings. The summed E-state index contributed by atoms with van der Waals surface area (Å²) in [5, 5.41) is 31.5. The Hall–Kier alpha value is -1.16. The fourth-order valence-corrected chi connectivity index (χ4v) is 11.3. The van der Waals surface area contributed by atoms with Crippen LogP contribution in [0, 0.1) is 46.3 Å². The minimum absolute atomic E-state index is 0.178. The molecule has 3 heteroatoms. The Morgan fingerprint density at radius 2 is 1.62 bits per heavy atom. The Balaban J connectivity index is 1.05. The number of aliphatic hydroxyl groups is 3. The molecule has 4 bridgehead atoms. The zero-order valence-electron chi connectivity index (χ0n) is 24.7. The maximum Gasteiger partial charge on any atom is 0.0809 e. The molecule has 0 aliphatic heterocycles.